The number of hydrogen-bond acceptors (Lipinski definition) is 4. The third kappa shape index (κ3) is 2.70. The van der Waals surface area contributed by atoms with Crippen molar-refractivity contribution in [2.24, 2.45) is 5.92 Å². The number of anilines is 1. The highest BCUT2D eigenvalue weighted by atomic mass is 32.1. The standard InChI is InChI=1S/C14H20N4OS/c1-9-10(2)20-14-16-13(17-18(9)14)15-12(19)8-11-6-4-3-5-7-11/h11H,3-8H2,1-2H3,(H,15,17,19). The molecule has 5 nitrogen and oxygen atoms in total. The number of nitrogens with zero attached hydrogens (tertiary/aromatic N) is 3. The van der Waals surface area contributed by atoms with Crippen molar-refractivity contribution in [2.75, 3.05) is 5.32 Å². The Morgan fingerprint density at radius 2 is 2.10 bits per heavy atom. The van der Waals surface area contributed by atoms with Gasteiger partial charge in [0.2, 0.25) is 16.8 Å². The van der Waals surface area contributed by atoms with Crippen LogP contribution in [0.1, 0.15) is 49.1 Å². The molecule has 0 saturated heterocycles. The molecule has 2 heterocycles. The van der Waals surface area contributed by atoms with E-state index in [-0.39, 0.29) is 5.91 Å². The first-order valence-corrected chi connectivity index (χ1v) is 8.08. The maximum atomic E-state index is 12.0. The Bertz CT molecular complexity index is 624. The zero-order valence-corrected chi connectivity index (χ0v) is 12.8. The zero-order valence-electron chi connectivity index (χ0n) is 12.0. The molecule has 2 aromatic heterocycles. The SMILES string of the molecule is Cc1sc2nc(NC(=O)CC3CCCCC3)nn2c1C. The highest BCUT2D eigenvalue weighted by Crippen LogP contribution is 2.26. The van der Waals surface area contributed by atoms with Gasteiger partial charge >= 0.3 is 0 Å². The summed E-state index contributed by atoms with van der Waals surface area (Å²) in [4.78, 5) is 18.4. The molecular weight excluding hydrogens is 272 g/mol. The van der Waals surface area contributed by atoms with Crippen LogP contribution in [0, 0.1) is 19.8 Å². The summed E-state index contributed by atoms with van der Waals surface area (Å²) in [6.45, 7) is 4.07. The van der Waals surface area contributed by atoms with Crippen molar-refractivity contribution in [2.45, 2.75) is 52.4 Å². The Morgan fingerprint density at radius 3 is 2.80 bits per heavy atom. The van der Waals surface area contributed by atoms with E-state index in [1.165, 1.54) is 37.0 Å². The van der Waals surface area contributed by atoms with Crippen LogP contribution < -0.4 is 5.32 Å². The van der Waals surface area contributed by atoms with Crippen LogP contribution in [0.4, 0.5) is 5.95 Å². The summed E-state index contributed by atoms with van der Waals surface area (Å²) in [5.41, 5.74) is 1.09. The van der Waals surface area contributed by atoms with Crippen LogP contribution >= 0.6 is 11.3 Å². The van der Waals surface area contributed by atoms with Gasteiger partial charge in [-0.3, -0.25) is 10.1 Å². The first kappa shape index (κ1) is 13.5. The lowest BCUT2D eigenvalue weighted by molar-refractivity contribution is -0.117. The third-order valence-corrected chi connectivity index (χ3v) is 5.15. The minimum absolute atomic E-state index is 0.0459. The molecule has 6 heteroatoms. The second-order valence-electron chi connectivity index (χ2n) is 5.63. The van der Waals surface area contributed by atoms with Gasteiger partial charge in [-0.05, 0) is 32.6 Å². The van der Waals surface area contributed by atoms with Crippen molar-refractivity contribution in [1.82, 2.24) is 14.6 Å². The van der Waals surface area contributed by atoms with Crippen LogP contribution in [-0.4, -0.2) is 20.5 Å². The molecule has 0 atom stereocenters. The van der Waals surface area contributed by atoms with E-state index in [9.17, 15) is 4.79 Å². The number of hydrogen-bond donors (Lipinski definition) is 1. The monoisotopic (exact) mass is 292 g/mol. The molecule has 1 aliphatic carbocycles. The number of amides is 1. The van der Waals surface area contributed by atoms with Gasteiger partial charge in [-0.1, -0.05) is 30.6 Å². The molecular formula is C14H20N4OS. The van der Waals surface area contributed by atoms with Gasteiger partial charge in [0.05, 0.1) is 5.69 Å². The predicted octanol–water partition coefficient (Wildman–Crippen LogP) is 3.32. The number of fused-ring (bicyclic) bond motifs is 1. The van der Waals surface area contributed by atoms with E-state index in [2.05, 4.69) is 22.3 Å². The third-order valence-electron chi connectivity index (χ3n) is 4.10. The van der Waals surface area contributed by atoms with Gasteiger partial charge in [-0.15, -0.1) is 5.10 Å². The van der Waals surface area contributed by atoms with Gasteiger partial charge < -0.3 is 0 Å². The van der Waals surface area contributed by atoms with E-state index < -0.39 is 0 Å². The maximum Gasteiger partial charge on any atom is 0.250 e. The van der Waals surface area contributed by atoms with E-state index in [1.807, 2.05) is 6.92 Å². The topological polar surface area (TPSA) is 59.3 Å². The Kier molecular flexibility index (Phi) is 3.74. The van der Waals surface area contributed by atoms with Crippen LogP contribution in [-0.2, 0) is 4.79 Å². The van der Waals surface area contributed by atoms with Crippen LogP contribution in [0.2, 0.25) is 0 Å². The molecule has 1 aliphatic rings. The molecule has 1 fully saturated rings. The van der Waals surface area contributed by atoms with Crippen molar-refractivity contribution in [3.8, 4) is 0 Å². The lowest BCUT2D eigenvalue weighted by Gasteiger charge is -2.20. The van der Waals surface area contributed by atoms with Crippen molar-refractivity contribution >= 4 is 28.2 Å². The lowest BCUT2D eigenvalue weighted by Crippen LogP contribution is -2.19. The predicted molar refractivity (Wildman–Crippen MR) is 80.2 cm³/mol. The van der Waals surface area contributed by atoms with Gasteiger partial charge in [0.25, 0.3) is 0 Å². The molecule has 0 unspecified atom stereocenters. The minimum atomic E-state index is 0.0459. The largest absolute Gasteiger partial charge is 0.293 e. The summed E-state index contributed by atoms with van der Waals surface area (Å²) >= 11 is 1.60. The molecule has 108 valence electrons. The molecule has 1 amide bonds. The average molecular weight is 292 g/mol. The second kappa shape index (κ2) is 5.52. The molecule has 20 heavy (non-hydrogen) atoms. The van der Waals surface area contributed by atoms with E-state index in [0.29, 0.717) is 18.3 Å². The summed E-state index contributed by atoms with van der Waals surface area (Å²) in [6, 6.07) is 0. The summed E-state index contributed by atoms with van der Waals surface area (Å²) in [5.74, 6) is 1.01. The Balaban J connectivity index is 1.64. The number of nitrogens with one attached hydrogen (secondary N) is 1. The summed E-state index contributed by atoms with van der Waals surface area (Å²) in [5, 5.41) is 7.19. The van der Waals surface area contributed by atoms with Crippen LogP contribution in [0.25, 0.3) is 4.96 Å². The number of thiazole rings is 1. The Hall–Kier alpha value is -1.43. The highest BCUT2D eigenvalue weighted by Gasteiger charge is 2.18. The van der Waals surface area contributed by atoms with Gasteiger partial charge in [0.1, 0.15) is 0 Å². The van der Waals surface area contributed by atoms with Crippen LogP contribution in [0.5, 0.6) is 0 Å². The molecule has 1 N–H and O–H groups in total. The number of rotatable bonds is 3. The van der Waals surface area contributed by atoms with Crippen molar-refractivity contribution in [3.63, 3.8) is 0 Å². The molecule has 0 aromatic carbocycles. The fourth-order valence-corrected chi connectivity index (χ4v) is 3.73. The first-order chi connectivity index (χ1) is 9.63. The number of aromatic nitrogens is 3. The number of carbonyl (C=O) groups excluding carboxylic acids is 1. The van der Waals surface area contributed by atoms with Gasteiger partial charge in [-0.2, -0.15) is 4.98 Å². The van der Waals surface area contributed by atoms with E-state index in [4.69, 9.17) is 0 Å². The van der Waals surface area contributed by atoms with Crippen molar-refractivity contribution in [1.29, 1.82) is 0 Å². The smallest absolute Gasteiger partial charge is 0.250 e. The first-order valence-electron chi connectivity index (χ1n) is 7.26. The molecule has 0 aliphatic heterocycles. The van der Waals surface area contributed by atoms with Gasteiger partial charge in [0.15, 0.2) is 0 Å². The summed E-state index contributed by atoms with van der Waals surface area (Å²) in [6.07, 6.45) is 6.79. The molecule has 3 rings (SSSR count). The van der Waals surface area contributed by atoms with Gasteiger partial charge in [0, 0.05) is 11.3 Å². The van der Waals surface area contributed by atoms with E-state index in [1.54, 1.807) is 15.9 Å². The fourth-order valence-electron chi connectivity index (χ4n) is 2.82. The lowest BCUT2D eigenvalue weighted by atomic mass is 9.87. The minimum Gasteiger partial charge on any atom is -0.293 e. The van der Waals surface area contributed by atoms with Crippen LogP contribution in [0.3, 0.4) is 0 Å². The Labute approximate surface area is 122 Å². The van der Waals surface area contributed by atoms with Crippen molar-refractivity contribution < 1.29 is 4.79 Å². The zero-order chi connectivity index (χ0) is 14.1. The van der Waals surface area contributed by atoms with Crippen LogP contribution in [0.15, 0.2) is 0 Å². The second-order valence-corrected chi connectivity index (χ2v) is 6.81. The molecule has 0 radical (unpaired) electrons. The Morgan fingerprint density at radius 1 is 1.35 bits per heavy atom. The molecule has 2 aromatic rings. The maximum absolute atomic E-state index is 12.0. The number of aryl methyl sites for hydroxylation is 2. The van der Waals surface area contributed by atoms with Crippen molar-refractivity contribution in [3.05, 3.63) is 10.6 Å². The highest BCUT2D eigenvalue weighted by molar-refractivity contribution is 7.17. The average Bonchev–Trinajstić information content (AvgIpc) is 2.91. The quantitative estimate of drug-likeness (QED) is 0.944. The molecule has 1 saturated carbocycles. The summed E-state index contributed by atoms with van der Waals surface area (Å²) < 4.78 is 1.80. The molecule has 0 bridgehead atoms. The van der Waals surface area contributed by atoms with E-state index in [0.717, 1.165) is 10.7 Å². The van der Waals surface area contributed by atoms with E-state index >= 15 is 0 Å². The molecule has 0 spiro atoms. The van der Waals surface area contributed by atoms with Gasteiger partial charge in [-0.25, -0.2) is 4.52 Å². The summed E-state index contributed by atoms with van der Waals surface area (Å²) in [7, 11) is 0. The normalized spacial score (nSPS) is 16.7. The number of carbonyl (C=O) groups is 1. The fraction of sp³-hybridized carbons (Fsp3) is 0.643.